The van der Waals surface area contributed by atoms with Crippen LogP contribution in [0.4, 0.5) is 0 Å². The lowest BCUT2D eigenvalue weighted by atomic mass is 10.0. The van der Waals surface area contributed by atoms with E-state index in [1.807, 2.05) is 44.4 Å². The first kappa shape index (κ1) is 17.1. The molecule has 2 heterocycles. The Morgan fingerprint density at radius 1 is 1.13 bits per heavy atom. The van der Waals surface area contributed by atoms with E-state index in [1.165, 1.54) is 11.3 Å². The van der Waals surface area contributed by atoms with Gasteiger partial charge < -0.3 is 10.6 Å². The van der Waals surface area contributed by atoms with Crippen molar-refractivity contribution in [1.29, 1.82) is 0 Å². The summed E-state index contributed by atoms with van der Waals surface area (Å²) in [6.07, 6.45) is 3.41. The highest BCUT2D eigenvalue weighted by Crippen LogP contribution is 2.13. The molecule has 2 atom stereocenters. The van der Waals surface area contributed by atoms with Crippen LogP contribution in [0, 0.1) is 5.92 Å². The molecule has 0 radical (unpaired) electrons. The fourth-order valence-electron chi connectivity index (χ4n) is 2.17. The van der Waals surface area contributed by atoms with Gasteiger partial charge in [-0.2, -0.15) is 0 Å². The minimum absolute atomic E-state index is 0.0139. The third-order valence-electron chi connectivity index (χ3n) is 3.52. The minimum atomic E-state index is -0.580. The molecule has 5 nitrogen and oxygen atoms in total. The highest BCUT2D eigenvalue weighted by atomic mass is 32.1. The first-order chi connectivity index (χ1) is 11.0. The number of nitrogens with zero attached hydrogens (tertiary/aromatic N) is 1. The van der Waals surface area contributed by atoms with E-state index in [0.717, 1.165) is 5.56 Å². The van der Waals surface area contributed by atoms with Crippen molar-refractivity contribution in [2.75, 3.05) is 0 Å². The first-order valence-corrected chi connectivity index (χ1v) is 8.41. The predicted octanol–water partition coefficient (Wildman–Crippen LogP) is 2.77. The van der Waals surface area contributed by atoms with E-state index >= 15 is 0 Å². The minimum Gasteiger partial charge on any atom is -0.348 e. The number of rotatable bonds is 6. The van der Waals surface area contributed by atoms with E-state index in [2.05, 4.69) is 15.6 Å². The molecule has 2 aromatic rings. The summed E-state index contributed by atoms with van der Waals surface area (Å²) in [7, 11) is 0. The predicted molar refractivity (Wildman–Crippen MR) is 91.2 cm³/mol. The average Bonchev–Trinajstić information content (AvgIpc) is 3.07. The molecule has 2 rings (SSSR count). The van der Waals surface area contributed by atoms with Gasteiger partial charge in [0.05, 0.1) is 10.9 Å². The van der Waals surface area contributed by atoms with E-state index in [1.54, 1.807) is 18.5 Å². The molecule has 0 spiro atoms. The Balaban J connectivity index is 2.02. The zero-order chi connectivity index (χ0) is 16.8. The Kier molecular flexibility index (Phi) is 5.87. The second-order valence-corrected chi connectivity index (χ2v) is 6.64. The van der Waals surface area contributed by atoms with Crippen LogP contribution in [-0.4, -0.2) is 22.8 Å². The van der Waals surface area contributed by atoms with Gasteiger partial charge >= 0.3 is 0 Å². The fourth-order valence-corrected chi connectivity index (χ4v) is 2.80. The Hall–Kier alpha value is -2.21. The zero-order valence-electron chi connectivity index (χ0n) is 13.4. The molecule has 2 amide bonds. The van der Waals surface area contributed by atoms with E-state index in [4.69, 9.17) is 0 Å². The van der Waals surface area contributed by atoms with Gasteiger partial charge in [0.1, 0.15) is 6.04 Å². The molecule has 0 aromatic carbocycles. The molecule has 6 heteroatoms. The number of nitrogens with one attached hydrogen (secondary N) is 2. The molecule has 0 aliphatic carbocycles. The highest BCUT2D eigenvalue weighted by molar-refractivity contribution is 7.12. The van der Waals surface area contributed by atoms with Crippen molar-refractivity contribution in [1.82, 2.24) is 15.6 Å². The van der Waals surface area contributed by atoms with Gasteiger partial charge in [-0.3, -0.25) is 14.6 Å². The van der Waals surface area contributed by atoms with E-state index < -0.39 is 6.04 Å². The molecule has 2 aromatic heterocycles. The summed E-state index contributed by atoms with van der Waals surface area (Å²) in [5.74, 6) is -0.427. The number of hydrogen-bond donors (Lipinski definition) is 2. The van der Waals surface area contributed by atoms with Gasteiger partial charge in [0.15, 0.2) is 0 Å². The number of pyridine rings is 1. The van der Waals surface area contributed by atoms with Gasteiger partial charge in [0.25, 0.3) is 5.91 Å². The van der Waals surface area contributed by atoms with Crippen LogP contribution >= 0.6 is 11.3 Å². The Morgan fingerprint density at radius 2 is 1.91 bits per heavy atom. The second kappa shape index (κ2) is 7.87. The van der Waals surface area contributed by atoms with Gasteiger partial charge in [0.2, 0.25) is 5.91 Å². The molecule has 2 unspecified atom stereocenters. The first-order valence-electron chi connectivity index (χ1n) is 7.53. The Labute approximate surface area is 140 Å². The topological polar surface area (TPSA) is 71.1 Å². The summed E-state index contributed by atoms with van der Waals surface area (Å²) < 4.78 is 0. The summed E-state index contributed by atoms with van der Waals surface area (Å²) in [5.41, 5.74) is 0.924. The molecule has 0 aliphatic rings. The highest BCUT2D eigenvalue weighted by Gasteiger charge is 2.26. The molecular formula is C17H21N3O2S. The van der Waals surface area contributed by atoms with Gasteiger partial charge in [-0.05, 0) is 35.9 Å². The quantitative estimate of drug-likeness (QED) is 0.855. The van der Waals surface area contributed by atoms with Gasteiger partial charge in [0, 0.05) is 12.4 Å². The monoisotopic (exact) mass is 331 g/mol. The Bertz CT molecular complexity index is 641. The van der Waals surface area contributed by atoms with Crippen LogP contribution in [-0.2, 0) is 4.79 Å². The number of amides is 2. The molecule has 0 bridgehead atoms. The molecule has 122 valence electrons. The molecule has 23 heavy (non-hydrogen) atoms. The number of carbonyl (C=O) groups excluding carboxylic acids is 2. The lowest BCUT2D eigenvalue weighted by molar-refractivity contribution is -0.124. The van der Waals surface area contributed by atoms with Gasteiger partial charge in [-0.1, -0.05) is 26.0 Å². The second-order valence-electron chi connectivity index (χ2n) is 5.69. The van der Waals surface area contributed by atoms with Crippen molar-refractivity contribution in [3.63, 3.8) is 0 Å². The third kappa shape index (κ3) is 4.63. The van der Waals surface area contributed by atoms with Gasteiger partial charge in [-0.25, -0.2) is 0 Å². The van der Waals surface area contributed by atoms with Crippen LogP contribution in [0.3, 0.4) is 0 Å². The number of carbonyl (C=O) groups is 2. The normalized spacial score (nSPS) is 13.4. The number of thiophene rings is 1. The van der Waals surface area contributed by atoms with Crippen LogP contribution in [0.2, 0.25) is 0 Å². The molecular weight excluding hydrogens is 310 g/mol. The molecule has 0 saturated heterocycles. The third-order valence-corrected chi connectivity index (χ3v) is 4.39. The van der Waals surface area contributed by atoms with Crippen LogP contribution in [0.5, 0.6) is 0 Å². The van der Waals surface area contributed by atoms with Crippen molar-refractivity contribution in [3.05, 3.63) is 52.5 Å². The molecule has 0 aliphatic heterocycles. The SMILES string of the molecule is CC(NC(=O)C(NC(=O)c1cccs1)C(C)C)c1cccnc1. The summed E-state index contributed by atoms with van der Waals surface area (Å²) in [4.78, 5) is 29.4. The van der Waals surface area contributed by atoms with E-state index in [-0.39, 0.29) is 23.8 Å². The largest absolute Gasteiger partial charge is 0.348 e. The Morgan fingerprint density at radius 3 is 2.48 bits per heavy atom. The lowest BCUT2D eigenvalue weighted by Gasteiger charge is -2.24. The van der Waals surface area contributed by atoms with Crippen LogP contribution in [0.25, 0.3) is 0 Å². The standard InChI is InChI=1S/C17H21N3O2S/c1-11(2)15(20-16(21)14-7-5-9-23-14)17(22)19-12(3)13-6-4-8-18-10-13/h4-12,15H,1-3H3,(H,19,22)(H,20,21). The van der Waals surface area contributed by atoms with Crippen molar-refractivity contribution < 1.29 is 9.59 Å². The number of hydrogen-bond acceptors (Lipinski definition) is 4. The average molecular weight is 331 g/mol. The number of aromatic nitrogens is 1. The lowest BCUT2D eigenvalue weighted by Crippen LogP contribution is -2.50. The maximum absolute atomic E-state index is 12.5. The van der Waals surface area contributed by atoms with Crippen molar-refractivity contribution in [2.45, 2.75) is 32.9 Å². The summed E-state index contributed by atoms with van der Waals surface area (Å²) in [5, 5.41) is 7.59. The maximum atomic E-state index is 12.5. The van der Waals surface area contributed by atoms with E-state index in [0.29, 0.717) is 4.88 Å². The van der Waals surface area contributed by atoms with Crippen LogP contribution in [0.15, 0.2) is 42.0 Å². The summed E-state index contributed by atoms with van der Waals surface area (Å²) >= 11 is 1.36. The zero-order valence-corrected chi connectivity index (χ0v) is 14.3. The van der Waals surface area contributed by atoms with Crippen molar-refractivity contribution in [3.8, 4) is 0 Å². The smallest absolute Gasteiger partial charge is 0.262 e. The molecule has 2 N–H and O–H groups in total. The van der Waals surface area contributed by atoms with Crippen LogP contribution in [0.1, 0.15) is 42.0 Å². The van der Waals surface area contributed by atoms with Crippen molar-refractivity contribution >= 4 is 23.2 Å². The maximum Gasteiger partial charge on any atom is 0.262 e. The molecule has 0 fully saturated rings. The van der Waals surface area contributed by atoms with E-state index in [9.17, 15) is 9.59 Å². The van der Waals surface area contributed by atoms with Crippen molar-refractivity contribution in [2.24, 2.45) is 5.92 Å². The summed E-state index contributed by atoms with van der Waals surface area (Å²) in [6.45, 7) is 5.72. The van der Waals surface area contributed by atoms with Gasteiger partial charge in [-0.15, -0.1) is 11.3 Å². The fraction of sp³-hybridized carbons (Fsp3) is 0.353. The summed E-state index contributed by atoms with van der Waals surface area (Å²) in [6, 6.07) is 6.55. The molecule has 0 saturated carbocycles. The van der Waals surface area contributed by atoms with Crippen LogP contribution < -0.4 is 10.6 Å².